The summed E-state index contributed by atoms with van der Waals surface area (Å²) in [6.07, 6.45) is -4.55. The van der Waals surface area contributed by atoms with Crippen molar-refractivity contribution < 1.29 is 18.0 Å². The molecule has 7 nitrogen and oxygen atoms in total. The summed E-state index contributed by atoms with van der Waals surface area (Å²) in [6.45, 7) is -0.0514. The number of nitrogens with two attached hydrogens (primary N) is 1. The van der Waals surface area contributed by atoms with Gasteiger partial charge in [-0.05, 0) is 12.1 Å². The maximum absolute atomic E-state index is 12.7. The van der Waals surface area contributed by atoms with Crippen LogP contribution in [0.2, 0.25) is 0 Å². The number of hydrogen-bond donors (Lipinski definition) is 4. The van der Waals surface area contributed by atoms with Gasteiger partial charge in [-0.1, -0.05) is 12.1 Å². The Balaban J connectivity index is 2.00. The highest BCUT2D eigenvalue weighted by molar-refractivity contribution is 5.90. The first-order valence-corrected chi connectivity index (χ1v) is 5.74. The zero-order valence-electron chi connectivity index (χ0n) is 10.5. The number of halogens is 3. The molecule has 10 heteroatoms. The second-order valence-electron chi connectivity index (χ2n) is 3.99. The van der Waals surface area contributed by atoms with E-state index in [0.717, 1.165) is 12.1 Å². The molecule has 112 valence electrons. The number of nitrogen functional groups attached to an aromatic ring is 1. The lowest BCUT2D eigenvalue weighted by Crippen LogP contribution is -2.29. The van der Waals surface area contributed by atoms with Gasteiger partial charge in [-0.3, -0.25) is 5.10 Å². The molecule has 0 saturated carbocycles. The number of anilines is 2. The van der Waals surface area contributed by atoms with Crippen LogP contribution in [0.4, 0.5) is 29.6 Å². The molecule has 1 heterocycles. The summed E-state index contributed by atoms with van der Waals surface area (Å²) in [4.78, 5) is 15.3. The molecule has 1 aromatic heterocycles. The zero-order chi connectivity index (χ0) is 15.5. The number of amides is 2. The van der Waals surface area contributed by atoms with Crippen LogP contribution < -0.4 is 16.4 Å². The van der Waals surface area contributed by atoms with Crippen molar-refractivity contribution in [3.05, 3.63) is 35.7 Å². The number of nitrogens with one attached hydrogen (secondary N) is 3. The number of urea groups is 1. The predicted octanol–water partition coefficient (Wildman–Crippen LogP) is 1.73. The number of alkyl halides is 3. The molecule has 2 rings (SSSR count). The van der Waals surface area contributed by atoms with Crippen LogP contribution in [0, 0.1) is 0 Å². The van der Waals surface area contributed by atoms with Gasteiger partial charge >= 0.3 is 12.2 Å². The molecule has 0 unspecified atom stereocenters. The van der Waals surface area contributed by atoms with Gasteiger partial charge < -0.3 is 16.4 Å². The maximum Gasteiger partial charge on any atom is 0.418 e. The number of aromatic amines is 1. The third-order valence-corrected chi connectivity index (χ3v) is 2.45. The molecule has 0 radical (unpaired) electrons. The van der Waals surface area contributed by atoms with Crippen LogP contribution in [0.15, 0.2) is 24.3 Å². The van der Waals surface area contributed by atoms with Gasteiger partial charge in [0.15, 0.2) is 0 Å². The number of hydrogen-bond acceptors (Lipinski definition) is 4. The number of carbonyl (C=O) groups is 1. The predicted molar refractivity (Wildman–Crippen MR) is 68.1 cm³/mol. The SMILES string of the molecule is Nc1n[nH]c(CNC(=O)Nc2ccccc2C(F)(F)F)n1. The molecule has 0 aliphatic heterocycles. The van der Waals surface area contributed by atoms with Crippen molar-refractivity contribution in [1.29, 1.82) is 0 Å². The van der Waals surface area contributed by atoms with Gasteiger partial charge in [0.1, 0.15) is 5.82 Å². The average molecular weight is 300 g/mol. The van der Waals surface area contributed by atoms with E-state index in [2.05, 4.69) is 25.8 Å². The highest BCUT2D eigenvalue weighted by Gasteiger charge is 2.33. The smallest absolute Gasteiger partial charge is 0.367 e. The third kappa shape index (κ3) is 3.84. The fourth-order valence-electron chi connectivity index (χ4n) is 1.56. The number of benzene rings is 1. The third-order valence-electron chi connectivity index (χ3n) is 2.45. The molecule has 0 atom stereocenters. The fraction of sp³-hybridized carbons (Fsp3) is 0.182. The number of para-hydroxylation sites is 1. The van der Waals surface area contributed by atoms with E-state index < -0.39 is 17.8 Å². The highest BCUT2D eigenvalue weighted by atomic mass is 19.4. The largest absolute Gasteiger partial charge is 0.418 e. The molecule has 0 bridgehead atoms. The Morgan fingerprint density at radius 2 is 2.05 bits per heavy atom. The molecule has 5 N–H and O–H groups in total. The summed E-state index contributed by atoms with van der Waals surface area (Å²) in [5.74, 6) is 0.293. The molecule has 21 heavy (non-hydrogen) atoms. The monoisotopic (exact) mass is 300 g/mol. The first-order chi connectivity index (χ1) is 9.86. The van der Waals surface area contributed by atoms with E-state index in [1.807, 2.05) is 0 Å². The number of carbonyl (C=O) groups excluding carboxylic acids is 1. The normalized spacial score (nSPS) is 11.2. The highest BCUT2D eigenvalue weighted by Crippen LogP contribution is 2.34. The average Bonchev–Trinajstić information content (AvgIpc) is 2.82. The zero-order valence-corrected chi connectivity index (χ0v) is 10.5. The summed E-state index contributed by atoms with van der Waals surface area (Å²) in [5, 5.41) is 10.5. The number of aromatic nitrogens is 3. The van der Waals surface area contributed by atoms with Crippen molar-refractivity contribution in [3.8, 4) is 0 Å². The maximum atomic E-state index is 12.7. The van der Waals surface area contributed by atoms with E-state index in [1.165, 1.54) is 12.1 Å². The van der Waals surface area contributed by atoms with E-state index in [9.17, 15) is 18.0 Å². The second kappa shape index (κ2) is 5.69. The van der Waals surface area contributed by atoms with Crippen LogP contribution in [-0.2, 0) is 12.7 Å². The lowest BCUT2D eigenvalue weighted by atomic mass is 10.1. The summed E-state index contributed by atoms with van der Waals surface area (Å²) in [5.41, 5.74) is 4.01. The van der Waals surface area contributed by atoms with Crippen LogP contribution in [0.3, 0.4) is 0 Å². The quantitative estimate of drug-likeness (QED) is 0.692. The fourth-order valence-corrected chi connectivity index (χ4v) is 1.56. The van der Waals surface area contributed by atoms with Crippen LogP contribution in [-0.4, -0.2) is 21.2 Å². The Labute approximate surface area is 116 Å². The minimum atomic E-state index is -4.55. The lowest BCUT2D eigenvalue weighted by molar-refractivity contribution is -0.136. The first kappa shape index (κ1) is 14.6. The molecule has 0 spiro atoms. The summed E-state index contributed by atoms with van der Waals surface area (Å²) in [6, 6.07) is 3.87. The van der Waals surface area contributed by atoms with Gasteiger partial charge in [-0.2, -0.15) is 18.2 Å². The van der Waals surface area contributed by atoms with Gasteiger partial charge in [0.25, 0.3) is 0 Å². The van der Waals surface area contributed by atoms with Crippen LogP contribution in [0.1, 0.15) is 11.4 Å². The second-order valence-corrected chi connectivity index (χ2v) is 3.99. The van der Waals surface area contributed by atoms with Crippen molar-refractivity contribution in [3.63, 3.8) is 0 Å². The number of nitrogens with zero attached hydrogens (tertiary/aromatic N) is 2. The first-order valence-electron chi connectivity index (χ1n) is 5.74. The Kier molecular flexibility index (Phi) is 3.96. The summed E-state index contributed by atoms with van der Waals surface area (Å²) < 4.78 is 38.2. The standard InChI is InChI=1S/C11H11F3N6O/c12-11(13,14)6-3-1-2-4-7(6)17-10(21)16-5-8-18-9(15)20-19-8/h1-4H,5H2,(H2,16,17,21)(H3,15,18,19,20). The van der Waals surface area contributed by atoms with E-state index in [0.29, 0.717) is 0 Å². The van der Waals surface area contributed by atoms with Crippen LogP contribution in [0.5, 0.6) is 0 Å². The molecule has 0 aliphatic carbocycles. The molecule has 2 amide bonds. The van der Waals surface area contributed by atoms with Gasteiger partial charge in [-0.25, -0.2) is 4.79 Å². The van der Waals surface area contributed by atoms with Crippen LogP contribution in [0.25, 0.3) is 0 Å². The van der Waals surface area contributed by atoms with Crippen LogP contribution >= 0.6 is 0 Å². The molecular formula is C11H11F3N6O. The van der Waals surface area contributed by atoms with Crippen molar-refractivity contribution in [2.24, 2.45) is 0 Å². The Morgan fingerprint density at radius 3 is 2.67 bits per heavy atom. The summed E-state index contributed by atoms with van der Waals surface area (Å²) >= 11 is 0. The Bertz CT molecular complexity index is 639. The van der Waals surface area contributed by atoms with Gasteiger partial charge in [-0.15, -0.1) is 5.10 Å². The molecule has 0 fully saturated rings. The molecule has 1 aromatic carbocycles. The van der Waals surface area contributed by atoms with E-state index >= 15 is 0 Å². The van der Waals surface area contributed by atoms with E-state index in [1.54, 1.807) is 0 Å². The van der Waals surface area contributed by atoms with Gasteiger partial charge in [0.05, 0.1) is 17.8 Å². The number of H-pyrrole nitrogens is 1. The lowest BCUT2D eigenvalue weighted by Gasteiger charge is -2.13. The van der Waals surface area contributed by atoms with Crippen molar-refractivity contribution >= 4 is 17.7 Å². The topological polar surface area (TPSA) is 109 Å². The molecule has 0 saturated heterocycles. The van der Waals surface area contributed by atoms with Gasteiger partial charge in [0.2, 0.25) is 5.95 Å². The van der Waals surface area contributed by atoms with Crippen molar-refractivity contribution in [2.45, 2.75) is 12.7 Å². The van der Waals surface area contributed by atoms with Gasteiger partial charge in [0, 0.05) is 0 Å². The molecular weight excluding hydrogens is 289 g/mol. The van der Waals surface area contributed by atoms with E-state index in [-0.39, 0.29) is 24.0 Å². The minimum absolute atomic E-state index is 0.00891. The van der Waals surface area contributed by atoms with Crippen molar-refractivity contribution in [1.82, 2.24) is 20.5 Å². The number of rotatable bonds is 3. The Hall–Kier alpha value is -2.78. The molecule has 2 aromatic rings. The minimum Gasteiger partial charge on any atom is -0.367 e. The Morgan fingerprint density at radius 1 is 1.33 bits per heavy atom. The van der Waals surface area contributed by atoms with Crippen molar-refractivity contribution in [2.75, 3.05) is 11.1 Å². The van der Waals surface area contributed by atoms with E-state index in [4.69, 9.17) is 5.73 Å². The molecule has 0 aliphatic rings. The summed E-state index contributed by atoms with van der Waals surface area (Å²) in [7, 11) is 0.